The zero-order chi connectivity index (χ0) is 34.4. The lowest BCUT2D eigenvalue weighted by Gasteiger charge is -2.19. The van der Waals surface area contributed by atoms with Crippen molar-refractivity contribution < 1.29 is 0 Å². The third-order valence-corrected chi connectivity index (χ3v) is 10.5. The number of benzene rings is 7. The van der Waals surface area contributed by atoms with Crippen molar-refractivity contribution in [1.29, 1.82) is 0 Å². The quantitative estimate of drug-likeness (QED) is 0.172. The topological polar surface area (TPSA) is 38.7 Å². The molecule has 52 heavy (non-hydrogen) atoms. The van der Waals surface area contributed by atoms with Crippen molar-refractivity contribution in [3.8, 4) is 56.2 Å². The van der Waals surface area contributed by atoms with Crippen LogP contribution >= 0.6 is 0 Å². The Morgan fingerprint density at radius 1 is 0.442 bits per heavy atom. The summed E-state index contributed by atoms with van der Waals surface area (Å²) in [6, 6.07) is 54.2. The fourth-order valence-electron chi connectivity index (χ4n) is 7.85. The Morgan fingerprint density at radius 2 is 1.04 bits per heavy atom. The molecule has 3 nitrogen and oxygen atoms in total. The summed E-state index contributed by atoms with van der Waals surface area (Å²) in [5.41, 5.74) is 12.4. The monoisotopic (exact) mass is 663 g/mol. The van der Waals surface area contributed by atoms with Gasteiger partial charge in [-0.2, -0.15) is 0 Å². The van der Waals surface area contributed by atoms with E-state index in [4.69, 9.17) is 9.97 Å². The predicted octanol–water partition coefficient (Wildman–Crippen LogP) is 12.6. The summed E-state index contributed by atoms with van der Waals surface area (Å²) in [6.07, 6.45) is 10.3. The molecular weight excluding hydrogens is 631 g/mol. The molecule has 2 heterocycles. The van der Waals surface area contributed by atoms with Crippen molar-refractivity contribution in [2.75, 3.05) is 0 Å². The molecule has 0 amide bonds. The zero-order valence-electron chi connectivity index (χ0n) is 28.5. The van der Waals surface area contributed by atoms with Crippen molar-refractivity contribution in [3.63, 3.8) is 0 Å². The molecule has 0 bridgehead atoms. The van der Waals surface area contributed by atoms with Gasteiger partial charge in [-0.15, -0.1) is 0 Å². The average Bonchev–Trinajstić information content (AvgIpc) is 3.23. The fraction of sp³-hybridized carbons (Fsp3) is 0.0408. The van der Waals surface area contributed by atoms with Gasteiger partial charge in [-0.25, -0.2) is 9.97 Å². The maximum atomic E-state index is 5.43. The van der Waals surface area contributed by atoms with Crippen LogP contribution in [0.3, 0.4) is 0 Å². The molecule has 0 spiro atoms. The van der Waals surface area contributed by atoms with E-state index in [-0.39, 0.29) is 0 Å². The highest BCUT2D eigenvalue weighted by Crippen LogP contribution is 2.40. The van der Waals surface area contributed by atoms with E-state index < -0.39 is 0 Å². The molecule has 0 N–H and O–H groups in total. The molecule has 0 unspecified atom stereocenters. The van der Waals surface area contributed by atoms with Crippen LogP contribution in [0.2, 0.25) is 0 Å². The van der Waals surface area contributed by atoms with Crippen LogP contribution in [0.1, 0.15) is 17.5 Å². The second-order valence-corrected chi connectivity index (χ2v) is 13.5. The van der Waals surface area contributed by atoms with Gasteiger partial charge >= 0.3 is 0 Å². The van der Waals surface area contributed by atoms with Gasteiger partial charge in [-0.05, 0) is 103 Å². The molecule has 1 aliphatic rings. The standard InChI is InChI=1S/C49H33N3/c1-3-13-39-36(10-1)28-45(43-17-7-5-15-41(39)43)48-30-47(35-25-23-33(24-26-35)32-19-21-34(22-20-32)38-12-9-27-50-31-38)51-49(52-48)46-29-37-11-2-4-14-40(37)42-16-6-8-18-44(42)46/h1-6,8-16,18-31H,7,17H2. The summed E-state index contributed by atoms with van der Waals surface area (Å²) in [4.78, 5) is 15.1. The Balaban J connectivity index is 1.15. The lowest BCUT2D eigenvalue weighted by Crippen LogP contribution is -2.02. The molecular formula is C49H33N3. The first-order valence-corrected chi connectivity index (χ1v) is 17.9. The van der Waals surface area contributed by atoms with Gasteiger partial charge in [0, 0.05) is 29.1 Å². The largest absolute Gasteiger partial charge is 0.264 e. The number of hydrogen-bond donors (Lipinski definition) is 0. The molecule has 1 aliphatic carbocycles. The predicted molar refractivity (Wildman–Crippen MR) is 217 cm³/mol. The normalized spacial score (nSPS) is 12.4. The van der Waals surface area contributed by atoms with Crippen LogP contribution in [-0.4, -0.2) is 15.0 Å². The van der Waals surface area contributed by atoms with Crippen LogP contribution < -0.4 is 0 Å². The molecule has 0 radical (unpaired) electrons. The van der Waals surface area contributed by atoms with Crippen LogP contribution in [0.5, 0.6) is 0 Å². The summed E-state index contributed by atoms with van der Waals surface area (Å²) < 4.78 is 0. The maximum Gasteiger partial charge on any atom is 0.161 e. The Hall–Kier alpha value is -6.71. The molecule has 0 fully saturated rings. The minimum absolute atomic E-state index is 0.734. The number of rotatable bonds is 5. The second-order valence-electron chi connectivity index (χ2n) is 13.5. The van der Waals surface area contributed by atoms with E-state index in [1.54, 1.807) is 6.20 Å². The van der Waals surface area contributed by atoms with Crippen molar-refractivity contribution in [3.05, 3.63) is 181 Å². The number of aromatic nitrogens is 3. The van der Waals surface area contributed by atoms with Crippen molar-refractivity contribution in [1.82, 2.24) is 15.0 Å². The third-order valence-electron chi connectivity index (χ3n) is 10.5. The van der Waals surface area contributed by atoms with Gasteiger partial charge in [-0.1, -0.05) is 140 Å². The van der Waals surface area contributed by atoms with Crippen LogP contribution in [-0.2, 0) is 6.42 Å². The summed E-state index contributed by atoms with van der Waals surface area (Å²) >= 11 is 0. The van der Waals surface area contributed by atoms with Gasteiger partial charge < -0.3 is 0 Å². The van der Waals surface area contributed by atoms with Crippen LogP contribution in [0, 0.1) is 0 Å². The zero-order valence-corrected chi connectivity index (χ0v) is 28.5. The maximum absolute atomic E-state index is 5.43. The summed E-state index contributed by atoms with van der Waals surface area (Å²) in [5, 5.41) is 7.28. The lowest BCUT2D eigenvalue weighted by molar-refractivity contribution is 0.989. The number of hydrogen-bond acceptors (Lipinski definition) is 3. The average molecular weight is 664 g/mol. The van der Waals surface area contributed by atoms with E-state index in [0.29, 0.717) is 0 Å². The summed E-state index contributed by atoms with van der Waals surface area (Å²) in [5.74, 6) is 0.734. The van der Waals surface area contributed by atoms with Crippen LogP contribution in [0.15, 0.2) is 170 Å². The molecule has 244 valence electrons. The molecule has 0 aliphatic heterocycles. The van der Waals surface area contributed by atoms with E-state index in [0.717, 1.165) is 63.3 Å². The van der Waals surface area contributed by atoms with E-state index in [9.17, 15) is 0 Å². The van der Waals surface area contributed by atoms with Gasteiger partial charge in [-0.3, -0.25) is 4.98 Å². The molecule has 0 atom stereocenters. The first kappa shape index (κ1) is 30.1. The van der Waals surface area contributed by atoms with Crippen molar-refractivity contribution in [2.45, 2.75) is 12.8 Å². The van der Waals surface area contributed by atoms with Gasteiger partial charge in [0.1, 0.15) is 0 Å². The SMILES string of the molecule is C1=Cc2c(c(-c3cc(-c4ccc(-c5ccc(-c6cccnc6)cc5)cc4)nc(-c4cc5ccccc5c5ccccc45)n3)cc3ccccc23)CC1. The van der Waals surface area contributed by atoms with E-state index in [1.165, 1.54) is 49.2 Å². The first-order chi connectivity index (χ1) is 25.8. The Labute approximate surface area is 302 Å². The molecule has 7 aromatic carbocycles. The van der Waals surface area contributed by atoms with Crippen LogP contribution in [0.4, 0.5) is 0 Å². The van der Waals surface area contributed by atoms with E-state index in [2.05, 4.69) is 163 Å². The highest BCUT2D eigenvalue weighted by molar-refractivity contribution is 6.13. The molecule has 3 heteroatoms. The Morgan fingerprint density at radius 3 is 1.77 bits per heavy atom. The molecule has 2 aromatic heterocycles. The summed E-state index contributed by atoms with van der Waals surface area (Å²) in [7, 11) is 0. The lowest BCUT2D eigenvalue weighted by atomic mass is 9.86. The molecule has 10 rings (SSSR count). The Kier molecular flexibility index (Phi) is 7.28. The minimum Gasteiger partial charge on any atom is -0.264 e. The van der Waals surface area contributed by atoms with Gasteiger partial charge in [0.2, 0.25) is 0 Å². The number of nitrogens with zero attached hydrogens (tertiary/aromatic N) is 3. The fourth-order valence-corrected chi connectivity index (χ4v) is 7.85. The van der Waals surface area contributed by atoms with Gasteiger partial charge in [0.25, 0.3) is 0 Å². The van der Waals surface area contributed by atoms with Gasteiger partial charge in [0.15, 0.2) is 5.82 Å². The smallest absolute Gasteiger partial charge is 0.161 e. The van der Waals surface area contributed by atoms with E-state index >= 15 is 0 Å². The number of pyridine rings is 1. The minimum atomic E-state index is 0.734. The van der Waals surface area contributed by atoms with Crippen LogP contribution in [0.25, 0.3) is 94.5 Å². The highest BCUT2D eigenvalue weighted by atomic mass is 14.9. The summed E-state index contributed by atoms with van der Waals surface area (Å²) in [6.45, 7) is 0. The Bertz CT molecular complexity index is 2820. The number of allylic oxidation sites excluding steroid dienone is 1. The van der Waals surface area contributed by atoms with E-state index in [1.807, 2.05) is 12.3 Å². The van der Waals surface area contributed by atoms with Crippen molar-refractivity contribution >= 4 is 38.4 Å². The third kappa shape index (κ3) is 5.26. The molecule has 0 saturated heterocycles. The second kappa shape index (κ2) is 12.6. The molecule has 9 aromatic rings. The van der Waals surface area contributed by atoms with Crippen molar-refractivity contribution in [2.24, 2.45) is 0 Å². The highest BCUT2D eigenvalue weighted by Gasteiger charge is 2.20. The first-order valence-electron chi connectivity index (χ1n) is 17.9. The number of fused-ring (bicyclic) bond motifs is 6. The molecule has 0 saturated carbocycles. The van der Waals surface area contributed by atoms with Gasteiger partial charge in [0.05, 0.1) is 11.4 Å².